The summed E-state index contributed by atoms with van der Waals surface area (Å²) in [6, 6.07) is 6.55. The van der Waals surface area contributed by atoms with Gasteiger partial charge in [0.25, 0.3) is 0 Å². The van der Waals surface area contributed by atoms with E-state index in [0.29, 0.717) is 6.04 Å². The molecule has 1 N–H and O–H groups in total. The van der Waals surface area contributed by atoms with Crippen LogP contribution >= 0.6 is 15.9 Å². The van der Waals surface area contributed by atoms with Gasteiger partial charge in [-0.25, -0.2) is 4.79 Å². The van der Waals surface area contributed by atoms with Crippen LogP contribution in [-0.2, 0) is 4.79 Å². The van der Waals surface area contributed by atoms with Gasteiger partial charge >= 0.3 is 5.97 Å². The Bertz CT molecular complexity index is 499. The Labute approximate surface area is 122 Å². The van der Waals surface area contributed by atoms with E-state index in [2.05, 4.69) is 33.8 Å². The Hall–Kier alpha value is -1.29. The van der Waals surface area contributed by atoms with Crippen LogP contribution in [-0.4, -0.2) is 23.7 Å². The number of halogens is 1. The smallest absolute Gasteiger partial charge is 0.328 e. The van der Waals surface area contributed by atoms with Crippen LogP contribution in [0.15, 0.2) is 28.7 Å². The quantitative estimate of drug-likeness (QED) is 0.857. The Morgan fingerprint density at radius 3 is 2.95 bits per heavy atom. The molecule has 0 radical (unpaired) electrons. The summed E-state index contributed by atoms with van der Waals surface area (Å²) in [5.41, 5.74) is 2.07. The van der Waals surface area contributed by atoms with Gasteiger partial charge in [-0.2, -0.15) is 0 Å². The van der Waals surface area contributed by atoms with E-state index < -0.39 is 5.97 Å². The average Bonchev–Trinajstić information content (AvgIpc) is 2.37. The molecule has 0 aromatic heterocycles. The van der Waals surface area contributed by atoms with Crippen LogP contribution in [0.5, 0.6) is 0 Å². The predicted molar refractivity (Wildman–Crippen MR) is 81.5 cm³/mol. The van der Waals surface area contributed by atoms with E-state index in [1.165, 1.54) is 25.3 Å². The number of nitrogens with zero attached hydrogens (tertiary/aromatic N) is 1. The highest BCUT2D eigenvalue weighted by Gasteiger charge is 2.20. The first-order chi connectivity index (χ1) is 9.08. The van der Waals surface area contributed by atoms with Gasteiger partial charge in [0, 0.05) is 28.8 Å². The molecule has 0 spiro atoms. The number of anilines is 1. The number of carboxylic acids is 1. The van der Waals surface area contributed by atoms with Crippen LogP contribution in [0.4, 0.5) is 5.69 Å². The van der Waals surface area contributed by atoms with Crippen LogP contribution in [0.1, 0.15) is 31.7 Å². The highest BCUT2D eigenvalue weighted by molar-refractivity contribution is 9.10. The standard InChI is InChI=1S/C15H18BrNO2/c1-11-4-2-3-9-17(11)14-7-6-13(16)10-12(14)5-8-15(18)19/h5-8,10-11H,2-4,9H2,1H3,(H,18,19). The third-order valence-corrected chi connectivity index (χ3v) is 4.00. The van der Waals surface area contributed by atoms with Crippen LogP contribution in [0, 0.1) is 0 Å². The highest BCUT2D eigenvalue weighted by Crippen LogP contribution is 2.30. The predicted octanol–water partition coefficient (Wildman–Crippen LogP) is 3.93. The second kappa shape index (κ2) is 6.24. The summed E-state index contributed by atoms with van der Waals surface area (Å²) in [7, 11) is 0. The van der Waals surface area contributed by atoms with Crippen LogP contribution in [0.3, 0.4) is 0 Å². The number of piperidine rings is 1. The van der Waals surface area contributed by atoms with E-state index in [1.54, 1.807) is 6.08 Å². The second-order valence-electron chi connectivity index (χ2n) is 4.91. The summed E-state index contributed by atoms with van der Waals surface area (Å²) >= 11 is 3.44. The lowest BCUT2D eigenvalue weighted by atomic mass is 10.0. The average molecular weight is 324 g/mol. The van der Waals surface area contributed by atoms with Crippen molar-refractivity contribution in [2.24, 2.45) is 0 Å². The molecule has 1 unspecified atom stereocenters. The molecule has 0 aliphatic carbocycles. The van der Waals surface area contributed by atoms with E-state index in [9.17, 15) is 4.79 Å². The number of rotatable bonds is 3. The number of carboxylic acid groups (broad SMARTS) is 1. The number of aliphatic carboxylic acids is 1. The molecule has 1 aromatic carbocycles. The molecule has 1 atom stereocenters. The van der Waals surface area contributed by atoms with E-state index in [0.717, 1.165) is 22.3 Å². The third kappa shape index (κ3) is 3.60. The fraction of sp³-hybridized carbons (Fsp3) is 0.400. The zero-order valence-corrected chi connectivity index (χ0v) is 12.6. The zero-order chi connectivity index (χ0) is 13.8. The lowest BCUT2D eigenvalue weighted by Gasteiger charge is -2.36. The highest BCUT2D eigenvalue weighted by atomic mass is 79.9. The van der Waals surface area contributed by atoms with Crippen LogP contribution < -0.4 is 4.90 Å². The lowest BCUT2D eigenvalue weighted by molar-refractivity contribution is -0.131. The van der Waals surface area contributed by atoms with Crippen molar-refractivity contribution >= 4 is 33.7 Å². The molecule has 102 valence electrons. The van der Waals surface area contributed by atoms with E-state index in [-0.39, 0.29) is 0 Å². The molecule has 4 heteroatoms. The molecular weight excluding hydrogens is 306 g/mol. The largest absolute Gasteiger partial charge is 0.478 e. The monoisotopic (exact) mass is 323 g/mol. The first-order valence-electron chi connectivity index (χ1n) is 6.55. The molecule has 1 aliphatic rings. The summed E-state index contributed by atoms with van der Waals surface area (Å²) in [5, 5.41) is 8.79. The number of hydrogen-bond donors (Lipinski definition) is 1. The van der Waals surface area contributed by atoms with Crippen molar-refractivity contribution < 1.29 is 9.90 Å². The van der Waals surface area contributed by atoms with E-state index >= 15 is 0 Å². The van der Waals surface area contributed by atoms with Crippen molar-refractivity contribution in [2.45, 2.75) is 32.2 Å². The second-order valence-corrected chi connectivity index (χ2v) is 5.83. The summed E-state index contributed by atoms with van der Waals surface area (Å²) < 4.78 is 0.964. The Balaban J connectivity index is 2.35. The van der Waals surface area contributed by atoms with E-state index in [4.69, 9.17) is 5.11 Å². The maximum absolute atomic E-state index is 10.7. The minimum Gasteiger partial charge on any atom is -0.478 e. The minimum absolute atomic E-state index is 0.506. The first-order valence-corrected chi connectivity index (χ1v) is 7.34. The van der Waals surface area contributed by atoms with Crippen molar-refractivity contribution in [2.75, 3.05) is 11.4 Å². The molecule has 3 nitrogen and oxygen atoms in total. The van der Waals surface area contributed by atoms with Crippen LogP contribution in [0.25, 0.3) is 6.08 Å². The van der Waals surface area contributed by atoms with E-state index in [1.807, 2.05) is 12.1 Å². The lowest BCUT2D eigenvalue weighted by Crippen LogP contribution is -2.37. The number of hydrogen-bond acceptors (Lipinski definition) is 2. The van der Waals surface area contributed by atoms with Crippen molar-refractivity contribution in [3.63, 3.8) is 0 Å². The summed E-state index contributed by atoms with van der Waals surface area (Å²) in [4.78, 5) is 13.1. The molecule has 1 aromatic rings. The van der Waals surface area contributed by atoms with Crippen molar-refractivity contribution in [1.82, 2.24) is 0 Å². The van der Waals surface area contributed by atoms with Crippen molar-refractivity contribution in [3.8, 4) is 0 Å². The van der Waals surface area contributed by atoms with Gasteiger partial charge in [0.05, 0.1) is 0 Å². The molecular formula is C15H18BrNO2. The minimum atomic E-state index is -0.919. The molecule has 0 saturated carbocycles. The van der Waals surface area contributed by atoms with Gasteiger partial charge in [0.15, 0.2) is 0 Å². The maximum atomic E-state index is 10.7. The molecule has 1 saturated heterocycles. The Kier molecular flexibility index (Phi) is 4.64. The summed E-state index contributed by atoms with van der Waals surface area (Å²) in [5.74, 6) is -0.919. The van der Waals surface area contributed by atoms with Gasteiger partial charge in [-0.1, -0.05) is 15.9 Å². The Morgan fingerprint density at radius 2 is 2.26 bits per heavy atom. The van der Waals surface area contributed by atoms with Gasteiger partial charge < -0.3 is 10.0 Å². The molecule has 0 amide bonds. The van der Waals surface area contributed by atoms with Crippen molar-refractivity contribution in [1.29, 1.82) is 0 Å². The van der Waals surface area contributed by atoms with Gasteiger partial charge in [-0.15, -0.1) is 0 Å². The summed E-state index contributed by atoms with van der Waals surface area (Å²) in [6.45, 7) is 3.27. The molecule has 1 heterocycles. The fourth-order valence-electron chi connectivity index (χ4n) is 2.54. The molecule has 0 bridgehead atoms. The maximum Gasteiger partial charge on any atom is 0.328 e. The van der Waals surface area contributed by atoms with Crippen molar-refractivity contribution in [3.05, 3.63) is 34.3 Å². The molecule has 19 heavy (non-hydrogen) atoms. The molecule has 1 fully saturated rings. The number of benzene rings is 1. The van der Waals surface area contributed by atoms with Crippen LogP contribution in [0.2, 0.25) is 0 Å². The zero-order valence-electron chi connectivity index (χ0n) is 11.0. The Morgan fingerprint density at radius 1 is 1.47 bits per heavy atom. The van der Waals surface area contributed by atoms with Gasteiger partial charge in [-0.05, 0) is 56.0 Å². The van der Waals surface area contributed by atoms with Gasteiger partial charge in [0.2, 0.25) is 0 Å². The normalized spacial score (nSPS) is 19.9. The molecule has 1 aliphatic heterocycles. The topological polar surface area (TPSA) is 40.5 Å². The SMILES string of the molecule is CC1CCCCN1c1ccc(Br)cc1C=CC(=O)O. The van der Waals surface area contributed by atoms with Gasteiger partial charge in [-0.3, -0.25) is 0 Å². The molecule has 2 rings (SSSR count). The first kappa shape index (κ1) is 14.1. The van der Waals surface area contributed by atoms with Gasteiger partial charge in [0.1, 0.15) is 0 Å². The number of carbonyl (C=O) groups is 1. The summed E-state index contributed by atoms with van der Waals surface area (Å²) in [6.07, 6.45) is 6.53. The third-order valence-electron chi connectivity index (χ3n) is 3.51. The fourth-order valence-corrected chi connectivity index (χ4v) is 2.92.